The second kappa shape index (κ2) is 6.31. The maximum absolute atomic E-state index is 9.65. The first kappa shape index (κ1) is 14.9. The van der Waals surface area contributed by atoms with E-state index in [1.807, 2.05) is 12.1 Å². The molecule has 0 aromatic heterocycles. The molecule has 1 aliphatic carbocycles. The van der Waals surface area contributed by atoms with E-state index in [-0.39, 0.29) is 5.41 Å². The maximum atomic E-state index is 9.65. The van der Waals surface area contributed by atoms with Crippen LogP contribution in [0.3, 0.4) is 0 Å². The highest BCUT2D eigenvalue weighted by Crippen LogP contribution is 2.41. The summed E-state index contributed by atoms with van der Waals surface area (Å²) in [7, 11) is 0. The van der Waals surface area contributed by atoms with Crippen molar-refractivity contribution >= 4 is 0 Å². The van der Waals surface area contributed by atoms with Gasteiger partial charge in [-0.15, -0.1) is 0 Å². The second-order valence-corrected chi connectivity index (χ2v) is 6.61. The lowest BCUT2D eigenvalue weighted by molar-refractivity contribution is 0.270. The molecule has 0 radical (unpaired) electrons. The van der Waals surface area contributed by atoms with E-state index in [0.29, 0.717) is 5.92 Å². The Morgan fingerprint density at radius 2 is 1.85 bits per heavy atom. The van der Waals surface area contributed by atoms with Crippen molar-refractivity contribution in [2.45, 2.75) is 51.9 Å². The first-order valence-corrected chi connectivity index (χ1v) is 7.70. The monoisotopic (exact) mass is 271 g/mol. The highest BCUT2D eigenvalue weighted by atomic mass is 16.5. The molecule has 0 atom stereocenters. The average molecular weight is 271 g/mol. The average Bonchev–Trinajstić information content (AvgIpc) is 2.47. The summed E-state index contributed by atoms with van der Waals surface area (Å²) in [6.45, 7) is 7.30. The molecule has 0 spiro atoms. The molecule has 0 saturated heterocycles. The van der Waals surface area contributed by atoms with Crippen molar-refractivity contribution in [2.75, 3.05) is 6.61 Å². The number of nitrogens with zero attached hydrogens (tertiary/aromatic N) is 1. The normalized spacial score (nSPS) is 26.2. The van der Waals surface area contributed by atoms with E-state index >= 15 is 0 Å². The Bertz CT molecular complexity index is 461. The Hall–Kier alpha value is -1.49. The van der Waals surface area contributed by atoms with Gasteiger partial charge < -0.3 is 4.74 Å². The van der Waals surface area contributed by atoms with Crippen LogP contribution in [0.25, 0.3) is 0 Å². The Balaban J connectivity index is 2.10. The molecule has 2 nitrogen and oxygen atoms in total. The van der Waals surface area contributed by atoms with Crippen LogP contribution >= 0.6 is 0 Å². The number of benzene rings is 1. The lowest BCUT2D eigenvalue weighted by atomic mass is 9.68. The molecular weight excluding hydrogens is 246 g/mol. The van der Waals surface area contributed by atoms with Gasteiger partial charge in [-0.1, -0.05) is 32.9 Å². The molecular formula is C18H25NO. The molecule has 1 aliphatic rings. The van der Waals surface area contributed by atoms with Crippen LogP contribution in [0.1, 0.15) is 52.0 Å². The number of hydrogen-bond acceptors (Lipinski definition) is 2. The van der Waals surface area contributed by atoms with E-state index in [4.69, 9.17) is 4.74 Å². The maximum Gasteiger partial charge on any atom is 0.119 e. The number of ether oxygens (including phenoxy) is 1. The van der Waals surface area contributed by atoms with Crippen LogP contribution in [-0.2, 0) is 5.41 Å². The smallest absolute Gasteiger partial charge is 0.119 e. The molecule has 0 N–H and O–H groups in total. The van der Waals surface area contributed by atoms with Gasteiger partial charge in [0.2, 0.25) is 0 Å². The Kier molecular flexibility index (Phi) is 4.70. The van der Waals surface area contributed by atoms with Gasteiger partial charge in [0.1, 0.15) is 5.75 Å². The summed E-state index contributed by atoms with van der Waals surface area (Å²) in [4.78, 5) is 0. The molecule has 1 saturated carbocycles. The molecule has 0 amide bonds. The molecule has 0 unspecified atom stereocenters. The summed E-state index contributed by atoms with van der Waals surface area (Å²) in [6.07, 6.45) is 4.27. The lowest BCUT2D eigenvalue weighted by Crippen LogP contribution is -2.29. The van der Waals surface area contributed by atoms with Gasteiger partial charge in [0, 0.05) is 0 Å². The SMILES string of the molecule is CC(C)COc1ccc(C2(C#N)CCC(C)CC2)cc1. The first-order valence-electron chi connectivity index (χ1n) is 7.70. The molecule has 1 fully saturated rings. The molecule has 1 aromatic rings. The topological polar surface area (TPSA) is 33.0 Å². The predicted molar refractivity (Wildman–Crippen MR) is 81.7 cm³/mol. The summed E-state index contributed by atoms with van der Waals surface area (Å²) >= 11 is 0. The van der Waals surface area contributed by atoms with Gasteiger partial charge in [-0.25, -0.2) is 0 Å². The van der Waals surface area contributed by atoms with Gasteiger partial charge in [0.25, 0.3) is 0 Å². The van der Waals surface area contributed by atoms with Crippen molar-refractivity contribution in [3.63, 3.8) is 0 Å². The van der Waals surface area contributed by atoms with Crippen molar-refractivity contribution in [1.29, 1.82) is 5.26 Å². The minimum atomic E-state index is -0.275. The highest BCUT2D eigenvalue weighted by Gasteiger charge is 2.35. The number of hydrogen-bond donors (Lipinski definition) is 0. The van der Waals surface area contributed by atoms with Gasteiger partial charge in [-0.05, 0) is 55.2 Å². The van der Waals surface area contributed by atoms with Crippen LogP contribution in [0.5, 0.6) is 5.75 Å². The van der Waals surface area contributed by atoms with E-state index in [1.165, 1.54) is 0 Å². The van der Waals surface area contributed by atoms with Gasteiger partial charge in [0.15, 0.2) is 0 Å². The molecule has 0 heterocycles. The third-order valence-electron chi connectivity index (χ3n) is 4.33. The van der Waals surface area contributed by atoms with Crippen molar-refractivity contribution in [1.82, 2.24) is 0 Å². The van der Waals surface area contributed by atoms with E-state index in [1.54, 1.807) is 0 Å². The van der Waals surface area contributed by atoms with Gasteiger partial charge in [0.05, 0.1) is 18.1 Å². The summed E-state index contributed by atoms with van der Waals surface area (Å²) in [5.41, 5.74) is 0.882. The third-order valence-corrected chi connectivity index (χ3v) is 4.33. The van der Waals surface area contributed by atoms with Crippen LogP contribution < -0.4 is 4.74 Å². The largest absolute Gasteiger partial charge is 0.493 e. The number of nitriles is 1. The van der Waals surface area contributed by atoms with Crippen LogP contribution in [-0.4, -0.2) is 6.61 Å². The van der Waals surface area contributed by atoms with Crippen molar-refractivity contribution in [2.24, 2.45) is 11.8 Å². The first-order chi connectivity index (χ1) is 9.55. The second-order valence-electron chi connectivity index (χ2n) is 6.61. The third kappa shape index (κ3) is 3.33. The predicted octanol–water partition coefficient (Wildman–Crippen LogP) is 4.69. The van der Waals surface area contributed by atoms with Gasteiger partial charge in [-0.3, -0.25) is 0 Å². The standard InChI is InChI=1S/C18H25NO/c1-14(2)12-20-17-6-4-16(5-7-17)18(13-19)10-8-15(3)9-11-18/h4-7,14-15H,8-12H2,1-3H3. The van der Waals surface area contributed by atoms with Crippen LogP contribution in [0, 0.1) is 23.2 Å². The summed E-state index contributed by atoms with van der Waals surface area (Å²) in [6, 6.07) is 10.8. The minimum absolute atomic E-state index is 0.275. The van der Waals surface area contributed by atoms with Gasteiger partial charge in [-0.2, -0.15) is 5.26 Å². The summed E-state index contributed by atoms with van der Waals surface area (Å²) < 4.78 is 5.71. The number of rotatable bonds is 4. The minimum Gasteiger partial charge on any atom is -0.493 e. The Morgan fingerprint density at radius 1 is 1.25 bits per heavy atom. The fraction of sp³-hybridized carbons (Fsp3) is 0.611. The Labute approximate surface area is 122 Å². The Morgan fingerprint density at radius 3 is 2.35 bits per heavy atom. The summed E-state index contributed by atoms with van der Waals surface area (Å²) in [5, 5.41) is 9.65. The van der Waals surface area contributed by atoms with Crippen LogP contribution in [0.2, 0.25) is 0 Å². The molecule has 2 heteroatoms. The zero-order valence-corrected chi connectivity index (χ0v) is 12.9. The fourth-order valence-corrected chi connectivity index (χ4v) is 2.85. The lowest BCUT2D eigenvalue weighted by Gasteiger charge is -2.34. The van der Waals surface area contributed by atoms with Gasteiger partial charge >= 0.3 is 0 Å². The molecule has 0 aliphatic heterocycles. The molecule has 20 heavy (non-hydrogen) atoms. The molecule has 1 aromatic carbocycles. The van der Waals surface area contributed by atoms with Crippen molar-refractivity contribution < 1.29 is 4.74 Å². The van der Waals surface area contributed by atoms with E-state index in [2.05, 4.69) is 39.0 Å². The van der Waals surface area contributed by atoms with E-state index < -0.39 is 0 Å². The quantitative estimate of drug-likeness (QED) is 0.795. The van der Waals surface area contributed by atoms with E-state index in [9.17, 15) is 5.26 Å². The van der Waals surface area contributed by atoms with Crippen molar-refractivity contribution in [3.8, 4) is 11.8 Å². The van der Waals surface area contributed by atoms with Crippen LogP contribution in [0.4, 0.5) is 0 Å². The highest BCUT2D eigenvalue weighted by molar-refractivity contribution is 5.37. The van der Waals surface area contributed by atoms with Crippen molar-refractivity contribution in [3.05, 3.63) is 29.8 Å². The summed E-state index contributed by atoms with van der Waals surface area (Å²) in [5.74, 6) is 2.18. The zero-order chi connectivity index (χ0) is 14.6. The van der Waals surface area contributed by atoms with Crippen LogP contribution in [0.15, 0.2) is 24.3 Å². The molecule has 2 rings (SSSR count). The fourth-order valence-electron chi connectivity index (χ4n) is 2.85. The zero-order valence-electron chi connectivity index (χ0n) is 12.9. The molecule has 0 bridgehead atoms. The van der Waals surface area contributed by atoms with E-state index in [0.717, 1.165) is 49.5 Å². The molecule has 108 valence electrons.